The van der Waals surface area contributed by atoms with Gasteiger partial charge in [0.1, 0.15) is 0 Å². The minimum absolute atomic E-state index is 0.128. The van der Waals surface area contributed by atoms with E-state index in [1.165, 1.54) is 32.2 Å². The van der Waals surface area contributed by atoms with Crippen molar-refractivity contribution >= 4 is 5.91 Å². The van der Waals surface area contributed by atoms with E-state index in [0.717, 1.165) is 32.6 Å². The van der Waals surface area contributed by atoms with E-state index in [9.17, 15) is 4.79 Å². The molecule has 26 heavy (non-hydrogen) atoms. The summed E-state index contributed by atoms with van der Waals surface area (Å²) in [5.41, 5.74) is 0. The molecule has 146 valence electrons. The zero-order valence-corrected chi connectivity index (χ0v) is 16.2. The van der Waals surface area contributed by atoms with Crippen LogP contribution in [0.15, 0.2) is 22.8 Å². The molecule has 0 aliphatic carbocycles. The first-order valence-electron chi connectivity index (χ1n) is 10.0. The van der Waals surface area contributed by atoms with Gasteiger partial charge in [-0.05, 0) is 64.8 Å². The predicted molar refractivity (Wildman–Crippen MR) is 101 cm³/mol. The number of piperidine rings is 1. The summed E-state index contributed by atoms with van der Waals surface area (Å²) in [5, 5.41) is 3.00. The minimum Gasteiger partial charge on any atom is -0.459 e. The minimum atomic E-state index is -0.128. The molecular weight excluding hydrogens is 330 g/mol. The fraction of sp³-hybridized carbons (Fsp3) is 0.750. The van der Waals surface area contributed by atoms with Gasteiger partial charge in [-0.15, -0.1) is 0 Å². The Morgan fingerprint density at radius 3 is 2.54 bits per heavy atom. The number of ether oxygens (including phenoxy) is 1. The second-order valence-corrected chi connectivity index (χ2v) is 7.68. The number of amides is 1. The lowest BCUT2D eigenvalue weighted by atomic mass is 9.97. The van der Waals surface area contributed by atoms with Gasteiger partial charge < -0.3 is 19.4 Å². The molecule has 3 heterocycles. The molecule has 2 aliphatic rings. The molecule has 0 bridgehead atoms. The molecule has 6 heteroatoms. The summed E-state index contributed by atoms with van der Waals surface area (Å²) in [4.78, 5) is 17.3. The molecule has 0 saturated carbocycles. The molecule has 1 aromatic heterocycles. The number of hydrogen-bond acceptors (Lipinski definition) is 5. The molecule has 0 radical (unpaired) electrons. The van der Waals surface area contributed by atoms with E-state index in [1.807, 2.05) is 0 Å². The van der Waals surface area contributed by atoms with Gasteiger partial charge in [0.25, 0.3) is 5.91 Å². The van der Waals surface area contributed by atoms with Crippen molar-refractivity contribution in [1.29, 1.82) is 0 Å². The van der Waals surface area contributed by atoms with Crippen molar-refractivity contribution in [2.24, 2.45) is 0 Å². The summed E-state index contributed by atoms with van der Waals surface area (Å²) < 4.78 is 10.7. The summed E-state index contributed by atoms with van der Waals surface area (Å²) in [7, 11) is 0. The molecular formula is C20H33N3O3. The average Bonchev–Trinajstić information content (AvgIpc) is 3.21. The van der Waals surface area contributed by atoms with Gasteiger partial charge in [0.05, 0.1) is 6.26 Å². The number of carbonyl (C=O) groups is 1. The molecule has 2 aliphatic heterocycles. The highest BCUT2D eigenvalue weighted by molar-refractivity contribution is 5.91. The van der Waals surface area contributed by atoms with Gasteiger partial charge in [-0.25, -0.2) is 0 Å². The third-order valence-corrected chi connectivity index (χ3v) is 5.76. The highest BCUT2D eigenvalue weighted by Gasteiger charge is 2.31. The van der Waals surface area contributed by atoms with Crippen molar-refractivity contribution in [3.05, 3.63) is 24.2 Å². The van der Waals surface area contributed by atoms with Gasteiger partial charge in [-0.1, -0.05) is 0 Å². The maximum absolute atomic E-state index is 12.1. The lowest BCUT2D eigenvalue weighted by Crippen LogP contribution is -2.53. The SMILES string of the molecule is CC(C)N1CCC(N(CCNC(=O)c2ccco2)C2CCOCC2)CC1. The van der Waals surface area contributed by atoms with Crippen LogP contribution >= 0.6 is 0 Å². The Labute approximate surface area is 156 Å². The van der Waals surface area contributed by atoms with Crippen LogP contribution in [-0.2, 0) is 4.74 Å². The topological polar surface area (TPSA) is 58.0 Å². The summed E-state index contributed by atoms with van der Waals surface area (Å²) in [6.07, 6.45) is 6.14. The first-order valence-corrected chi connectivity index (χ1v) is 10.0. The number of furan rings is 1. The third-order valence-electron chi connectivity index (χ3n) is 5.76. The average molecular weight is 364 g/mol. The molecule has 1 N–H and O–H groups in total. The number of nitrogens with one attached hydrogen (secondary N) is 1. The van der Waals surface area contributed by atoms with E-state index >= 15 is 0 Å². The Morgan fingerprint density at radius 2 is 1.92 bits per heavy atom. The molecule has 0 atom stereocenters. The monoisotopic (exact) mass is 363 g/mol. The van der Waals surface area contributed by atoms with Gasteiger partial charge in [-0.2, -0.15) is 0 Å². The third kappa shape index (κ3) is 5.09. The highest BCUT2D eigenvalue weighted by Crippen LogP contribution is 2.24. The molecule has 0 unspecified atom stereocenters. The van der Waals surface area contributed by atoms with Crippen molar-refractivity contribution in [2.45, 2.75) is 57.7 Å². The molecule has 2 saturated heterocycles. The first kappa shape index (κ1) is 19.4. The van der Waals surface area contributed by atoms with Gasteiger partial charge in [0.2, 0.25) is 0 Å². The number of nitrogens with zero attached hydrogens (tertiary/aromatic N) is 2. The van der Waals surface area contributed by atoms with E-state index in [1.54, 1.807) is 12.1 Å². The Balaban J connectivity index is 1.54. The number of carbonyl (C=O) groups excluding carboxylic acids is 1. The smallest absolute Gasteiger partial charge is 0.287 e. The summed E-state index contributed by atoms with van der Waals surface area (Å²) in [6, 6.07) is 5.24. The van der Waals surface area contributed by atoms with Crippen LogP contribution in [0.2, 0.25) is 0 Å². The summed E-state index contributed by atoms with van der Waals surface area (Å²) in [5.74, 6) is 0.254. The van der Waals surface area contributed by atoms with Gasteiger partial charge in [0.15, 0.2) is 5.76 Å². The van der Waals surface area contributed by atoms with Gasteiger partial charge in [0, 0.05) is 44.4 Å². The molecule has 3 rings (SSSR count). The quantitative estimate of drug-likeness (QED) is 0.806. The zero-order valence-electron chi connectivity index (χ0n) is 16.2. The lowest BCUT2D eigenvalue weighted by molar-refractivity contribution is -0.00000252. The van der Waals surface area contributed by atoms with Crippen molar-refractivity contribution in [2.75, 3.05) is 39.4 Å². The molecule has 0 aromatic carbocycles. The van der Waals surface area contributed by atoms with E-state index in [4.69, 9.17) is 9.15 Å². The van der Waals surface area contributed by atoms with Gasteiger partial charge >= 0.3 is 0 Å². The largest absolute Gasteiger partial charge is 0.459 e. The predicted octanol–water partition coefficient (Wildman–Crippen LogP) is 2.36. The van der Waals surface area contributed by atoms with E-state index in [0.29, 0.717) is 30.4 Å². The van der Waals surface area contributed by atoms with Crippen molar-refractivity contribution in [3.8, 4) is 0 Å². The first-order chi connectivity index (χ1) is 12.6. The van der Waals surface area contributed by atoms with E-state index in [-0.39, 0.29) is 5.91 Å². The summed E-state index contributed by atoms with van der Waals surface area (Å²) in [6.45, 7) is 10.1. The number of rotatable bonds is 7. The Morgan fingerprint density at radius 1 is 1.23 bits per heavy atom. The number of likely N-dealkylation sites (tertiary alicyclic amines) is 1. The fourth-order valence-corrected chi connectivity index (χ4v) is 4.21. The van der Waals surface area contributed by atoms with Crippen LogP contribution in [0.25, 0.3) is 0 Å². The molecule has 2 fully saturated rings. The van der Waals surface area contributed by atoms with Crippen LogP contribution < -0.4 is 5.32 Å². The second kappa shape index (κ2) is 9.53. The van der Waals surface area contributed by atoms with Crippen LogP contribution in [0.3, 0.4) is 0 Å². The Kier molecular flexibility index (Phi) is 7.11. The van der Waals surface area contributed by atoms with E-state index < -0.39 is 0 Å². The number of hydrogen-bond donors (Lipinski definition) is 1. The zero-order chi connectivity index (χ0) is 18.4. The van der Waals surface area contributed by atoms with Crippen LogP contribution in [0.5, 0.6) is 0 Å². The van der Waals surface area contributed by atoms with Gasteiger partial charge in [-0.3, -0.25) is 9.69 Å². The van der Waals surface area contributed by atoms with Crippen LogP contribution in [0.1, 0.15) is 50.1 Å². The molecule has 0 spiro atoms. The highest BCUT2D eigenvalue weighted by atomic mass is 16.5. The summed E-state index contributed by atoms with van der Waals surface area (Å²) >= 11 is 0. The lowest BCUT2D eigenvalue weighted by Gasteiger charge is -2.44. The fourth-order valence-electron chi connectivity index (χ4n) is 4.21. The molecule has 1 amide bonds. The Bertz CT molecular complexity index is 533. The molecule has 6 nitrogen and oxygen atoms in total. The molecule has 1 aromatic rings. The van der Waals surface area contributed by atoms with Crippen molar-refractivity contribution in [3.63, 3.8) is 0 Å². The Hall–Kier alpha value is -1.37. The standard InChI is InChI=1S/C20H33N3O3/c1-16(2)22-10-5-17(6-11-22)23(18-7-14-25-15-8-18)12-9-21-20(24)19-4-3-13-26-19/h3-4,13,16-18H,5-12,14-15H2,1-2H3,(H,21,24). The van der Waals surface area contributed by atoms with Crippen LogP contribution in [0, 0.1) is 0 Å². The second-order valence-electron chi connectivity index (χ2n) is 7.68. The maximum atomic E-state index is 12.1. The maximum Gasteiger partial charge on any atom is 0.287 e. The van der Waals surface area contributed by atoms with Crippen molar-refractivity contribution < 1.29 is 13.9 Å². The van der Waals surface area contributed by atoms with Crippen LogP contribution in [-0.4, -0.2) is 73.2 Å². The van der Waals surface area contributed by atoms with Crippen molar-refractivity contribution in [1.82, 2.24) is 15.1 Å². The van der Waals surface area contributed by atoms with E-state index in [2.05, 4.69) is 29.0 Å². The van der Waals surface area contributed by atoms with Crippen LogP contribution in [0.4, 0.5) is 0 Å². The normalized spacial score (nSPS) is 20.8.